The Morgan fingerprint density at radius 2 is 1.84 bits per heavy atom. The standard InChI is InChI=1S/C25H28N2O4/c1-30-20-12-10-18(11-13-20)25(14-4-5-15-25)23(28)26-16-6-7-19(26)17-27-21-8-2-3-9-22(21)31-24(27)29/h2-3,8-13,19H,4-7,14-17H2,1H3/t19-/m1/s1. The number of aromatic nitrogens is 1. The lowest BCUT2D eigenvalue weighted by Crippen LogP contribution is -2.49. The number of hydrogen-bond donors (Lipinski definition) is 0. The van der Waals surface area contributed by atoms with E-state index in [1.807, 2.05) is 53.4 Å². The van der Waals surface area contributed by atoms with E-state index in [-0.39, 0.29) is 17.7 Å². The summed E-state index contributed by atoms with van der Waals surface area (Å²) in [5, 5.41) is 0. The first kappa shape index (κ1) is 19.9. The number of benzene rings is 2. The van der Waals surface area contributed by atoms with Crippen molar-refractivity contribution in [1.29, 1.82) is 0 Å². The second-order valence-electron chi connectivity index (χ2n) is 8.76. The van der Waals surface area contributed by atoms with Gasteiger partial charge in [0.25, 0.3) is 0 Å². The molecule has 6 heteroatoms. The van der Waals surface area contributed by atoms with E-state index in [0.717, 1.165) is 61.9 Å². The van der Waals surface area contributed by atoms with Crippen LogP contribution in [0.2, 0.25) is 0 Å². The zero-order valence-electron chi connectivity index (χ0n) is 17.9. The van der Waals surface area contributed by atoms with Crippen molar-refractivity contribution >= 4 is 17.0 Å². The number of rotatable bonds is 5. The number of nitrogens with zero attached hydrogens (tertiary/aromatic N) is 2. The van der Waals surface area contributed by atoms with Crippen LogP contribution in [-0.2, 0) is 16.8 Å². The van der Waals surface area contributed by atoms with Crippen LogP contribution in [0.3, 0.4) is 0 Å². The van der Waals surface area contributed by atoms with Gasteiger partial charge in [-0.2, -0.15) is 0 Å². The minimum Gasteiger partial charge on any atom is -0.497 e. The highest BCUT2D eigenvalue weighted by atomic mass is 16.5. The summed E-state index contributed by atoms with van der Waals surface area (Å²) in [6.07, 6.45) is 5.71. The van der Waals surface area contributed by atoms with Crippen LogP contribution in [0.25, 0.3) is 11.1 Å². The molecule has 3 aromatic rings. The summed E-state index contributed by atoms with van der Waals surface area (Å²) >= 11 is 0. The Kier molecular flexibility index (Phi) is 5.08. The van der Waals surface area contributed by atoms with Gasteiger partial charge in [0.15, 0.2) is 5.58 Å². The van der Waals surface area contributed by atoms with Crippen molar-refractivity contribution in [3.05, 3.63) is 64.6 Å². The average molecular weight is 421 g/mol. The van der Waals surface area contributed by atoms with Gasteiger partial charge in [-0.05, 0) is 55.5 Å². The molecule has 1 saturated carbocycles. The quantitative estimate of drug-likeness (QED) is 0.623. The lowest BCUT2D eigenvalue weighted by atomic mass is 9.77. The Labute approximate surface area is 181 Å². The van der Waals surface area contributed by atoms with E-state index in [1.54, 1.807) is 11.7 Å². The van der Waals surface area contributed by atoms with E-state index in [2.05, 4.69) is 0 Å². The minimum atomic E-state index is -0.474. The van der Waals surface area contributed by atoms with Crippen molar-refractivity contribution in [3.63, 3.8) is 0 Å². The van der Waals surface area contributed by atoms with Crippen molar-refractivity contribution in [2.75, 3.05) is 13.7 Å². The van der Waals surface area contributed by atoms with Crippen molar-refractivity contribution in [2.24, 2.45) is 0 Å². The molecule has 0 N–H and O–H groups in total. The molecule has 1 saturated heterocycles. The van der Waals surface area contributed by atoms with Crippen LogP contribution in [0.15, 0.2) is 57.7 Å². The minimum absolute atomic E-state index is 0.00179. The molecule has 0 unspecified atom stereocenters. The Hall–Kier alpha value is -3.02. The monoisotopic (exact) mass is 420 g/mol. The van der Waals surface area contributed by atoms with Crippen LogP contribution >= 0.6 is 0 Å². The van der Waals surface area contributed by atoms with E-state index in [9.17, 15) is 9.59 Å². The zero-order chi connectivity index (χ0) is 21.4. The Morgan fingerprint density at radius 3 is 2.58 bits per heavy atom. The summed E-state index contributed by atoms with van der Waals surface area (Å²) in [6, 6.07) is 15.5. The van der Waals surface area contributed by atoms with E-state index in [0.29, 0.717) is 12.1 Å². The predicted molar refractivity (Wildman–Crippen MR) is 118 cm³/mol. The fraction of sp³-hybridized carbons (Fsp3) is 0.440. The van der Waals surface area contributed by atoms with Crippen LogP contribution in [0, 0.1) is 0 Å². The maximum Gasteiger partial charge on any atom is 0.420 e. The number of likely N-dealkylation sites (tertiary alicyclic amines) is 1. The van der Waals surface area contributed by atoms with Crippen LogP contribution in [0.4, 0.5) is 0 Å². The number of carbonyl (C=O) groups excluding carboxylic acids is 1. The Bertz CT molecular complexity index is 1140. The third-order valence-corrected chi connectivity index (χ3v) is 7.11. The predicted octanol–water partition coefficient (Wildman–Crippen LogP) is 4.11. The molecule has 2 aliphatic rings. The van der Waals surface area contributed by atoms with E-state index in [1.165, 1.54) is 0 Å². The zero-order valence-corrected chi connectivity index (χ0v) is 17.9. The van der Waals surface area contributed by atoms with Gasteiger partial charge in [-0.3, -0.25) is 9.36 Å². The van der Waals surface area contributed by atoms with Crippen molar-refractivity contribution in [1.82, 2.24) is 9.47 Å². The third-order valence-electron chi connectivity index (χ3n) is 7.11. The van der Waals surface area contributed by atoms with E-state index in [4.69, 9.17) is 9.15 Å². The average Bonchev–Trinajstić information content (AvgIpc) is 3.54. The fourth-order valence-electron chi connectivity index (χ4n) is 5.48. The summed E-state index contributed by atoms with van der Waals surface area (Å²) in [5.41, 5.74) is 1.98. The van der Waals surface area contributed by atoms with Crippen LogP contribution in [0.1, 0.15) is 44.1 Å². The van der Waals surface area contributed by atoms with Gasteiger partial charge in [-0.15, -0.1) is 0 Å². The second kappa shape index (κ2) is 7.91. The van der Waals surface area contributed by atoms with E-state index >= 15 is 0 Å². The van der Waals surface area contributed by atoms with Gasteiger partial charge >= 0.3 is 5.76 Å². The molecular formula is C25H28N2O4. The van der Waals surface area contributed by atoms with Gasteiger partial charge in [0.2, 0.25) is 5.91 Å². The molecule has 1 aliphatic heterocycles. The maximum absolute atomic E-state index is 14.0. The smallest absolute Gasteiger partial charge is 0.420 e. The van der Waals surface area contributed by atoms with Crippen molar-refractivity contribution in [2.45, 2.75) is 56.5 Å². The number of methoxy groups -OCH3 is 1. The lowest BCUT2D eigenvalue weighted by molar-refractivity contribution is -0.138. The molecule has 2 aromatic carbocycles. The van der Waals surface area contributed by atoms with Gasteiger partial charge in [0.1, 0.15) is 5.75 Å². The first-order valence-corrected chi connectivity index (χ1v) is 11.2. The molecule has 2 fully saturated rings. The molecule has 2 heterocycles. The van der Waals surface area contributed by atoms with E-state index < -0.39 is 5.41 Å². The highest BCUT2D eigenvalue weighted by Crippen LogP contribution is 2.44. The molecule has 1 amide bonds. The second-order valence-corrected chi connectivity index (χ2v) is 8.76. The number of oxazole rings is 1. The first-order valence-electron chi connectivity index (χ1n) is 11.2. The summed E-state index contributed by atoms with van der Waals surface area (Å²) < 4.78 is 12.4. The SMILES string of the molecule is COc1ccc(C2(C(=O)N3CCC[C@@H]3Cn3c(=O)oc4ccccc43)CCCC2)cc1. The summed E-state index contributed by atoms with van der Waals surface area (Å²) in [4.78, 5) is 28.5. The van der Waals surface area contributed by atoms with Gasteiger partial charge in [-0.25, -0.2) is 4.79 Å². The van der Waals surface area contributed by atoms with Crippen molar-refractivity contribution in [3.8, 4) is 5.75 Å². The highest BCUT2D eigenvalue weighted by molar-refractivity contribution is 5.89. The molecular weight excluding hydrogens is 392 g/mol. The van der Waals surface area contributed by atoms with Crippen molar-refractivity contribution < 1.29 is 13.9 Å². The number of carbonyl (C=O) groups is 1. The largest absolute Gasteiger partial charge is 0.497 e. The van der Waals surface area contributed by atoms with Gasteiger partial charge in [-0.1, -0.05) is 37.1 Å². The Balaban J connectivity index is 1.45. The topological polar surface area (TPSA) is 64.7 Å². The molecule has 162 valence electrons. The number of ether oxygens (including phenoxy) is 1. The summed E-state index contributed by atoms with van der Waals surface area (Å²) in [7, 11) is 1.65. The molecule has 0 bridgehead atoms. The van der Waals surface area contributed by atoms with Crippen LogP contribution in [-0.4, -0.2) is 35.1 Å². The normalized spacial score (nSPS) is 20.4. The molecule has 1 aliphatic carbocycles. The molecule has 1 aromatic heterocycles. The van der Waals surface area contributed by atoms with Crippen LogP contribution in [0.5, 0.6) is 5.75 Å². The van der Waals surface area contributed by atoms with Gasteiger partial charge in [0, 0.05) is 19.1 Å². The fourth-order valence-corrected chi connectivity index (χ4v) is 5.48. The lowest BCUT2D eigenvalue weighted by Gasteiger charge is -2.36. The first-order chi connectivity index (χ1) is 15.1. The molecule has 1 atom stereocenters. The molecule has 6 nitrogen and oxygen atoms in total. The number of amides is 1. The van der Waals surface area contributed by atoms with Crippen LogP contribution < -0.4 is 10.5 Å². The molecule has 0 spiro atoms. The number of hydrogen-bond acceptors (Lipinski definition) is 4. The summed E-state index contributed by atoms with van der Waals surface area (Å²) in [6.45, 7) is 1.21. The third kappa shape index (κ3) is 3.34. The molecule has 5 rings (SSSR count). The molecule has 31 heavy (non-hydrogen) atoms. The molecule has 0 radical (unpaired) electrons. The van der Waals surface area contributed by atoms with Gasteiger partial charge < -0.3 is 14.1 Å². The Morgan fingerprint density at radius 1 is 1.10 bits per heavy atom. The highest BCUT2D eigenvalue weighted by Gasteiger charge is 2.47. The maximum atomic E-state index is 14.0. The summed E-state index contributed by atoms with van der Waals surface area (Å²) in [5.74, 6) is 0.652. The number of fused-ring (bicyclic) bond motifs is 1. The van der Waals surface area contributed by atoms with Gasteiger partial charge in [0.05, 0.1) is 18.0 Å². The number of para-hydroxylation sites is 2.